The summed E-state index contributed by atoms with van der Waals surface area (Å²) in [7, 11) is 1.63. The number of carbonyl (C=O) groups is 2. The van der Waals surface area contributed by atoms with Gasteiger partial charge < -0.3 is 15.0 Å². The van der Waals surface area contributed by atoms with Crippen molar-refractivity contribution in [2.24, 2.45) is 0 Å². The van der Waals surface area contributed by atoms with E-state index in [1.807, 2.05) is 24.3 Å². The van der Waals surface area contributed by atoms with Gasteiger partial charge in [-0.25, -0.2) is 0 Å². The van der Waals surface area contributed by atoms with E-state index in [0.29, 0.717) is 31.0 Å². The van der Waals surface area contributed by atoms with Gasteiger partial charge in [-0.3, -0.25) is 14.3 Å². The molecule has 1 fully saturated rings. The third kappa shape index (κ3) is 3.88. The van der Waals surface area contributed by atoms with E-state index >= 15 is 0 Å². The van der Waals surface area contributed by atoms with Crippen LogP contribution in [0, 0.1) is 0 Å². The zero-order valence-electron chi connectivity index (χ0n) is 16.2. The number of rotatable bonds is 5. The topological polar surface area (TPSA) is 76.5 Å². The Morgan fingerprint density at radius 1 is 1.21 bits per heavy atom. The molecule has 2 aromatic rings. The van der Waals surface area contributed by atoms with Crippen molar-refractivity contribution in [1.29, 1.82) is 0 Å². The first-order chi connectivity index (χ1) is 13.6. The van der Waals surface area contributed by atoms with Gasteiger partial charge in [-0.2, -0.15) is 5.10 Å². The molecule has 1 saturated carbocycles. The fourth-order valence-corrected chi connectivity index (χ4v) is 4.00. The highest BCUT2D eigenvalue weighted by Gasteiger charge is 2.28. The molecule has 2 aliphatic rings. The second kappa shape index (κ2) is 8.04. The van der Waals surface area contributed by atoms with Crippen LogP contribution in [0.2, 0.25) is 0 Å². The first-order valence-electron chi connectivity index (χ1n) is 9.95. The van der Waals surface area contributed by atoms with Crippen LogP contribution in [-0.2, 0) is 13.1 Å². The second-order valence-electron chi connectivity index (χ2n) is 7.52. The van der Waals surface area contributed by atoms with E-state index < -0.39 is 0 Å². The van der Waals surface area contributed by atoms with E-state index in [4.69, 9.17) is 4.74 Å². The quantitative estimate of drug-likeness (QED) is 0.862. The largest absolute Gasteiger partial charge is 0.497 e. The fraction of sp³-hybridized carbons (Fsp3) is 0.476. The number of fused-ring (bicyclic) bond motifs is 1. The number of hydrogen-bond acceptors (Lipinski definition) is 4. The minimum Gasteiger partial charge on any atom is -0.497 e. The summed E-state index contributed by atoms with van der Waals surface area (Å²) in [6.45, 7) is 1.65. The lowest BCUT2D eigenvalue weighted by Crippen LogP contribution is -2.39. The molecule has 1 aliphatic heterocycles. The first kappa shape index (κ1) is 18.5. The van der Waals surface area contributed by atoms with Crippen LogP contribution < -0.4 is 10.1 Å². The van der Waals surface area contributed by atoms with E-state index in [9.17, 15) is 9.59 Å². The van der Waals surface area contributed by atoms with Gasteiger partial charge >= 0.3 is 0 Å². The molecule has 148 valence electrons. The van der Waals surface area contributed by atoms with Gasteiger partial charge in [0.1, 0.15) is 11.4 Å². The molecule has 0 saturated heterocycles. The number of nitrogens with one attached hydrogen (secondary N) is 1. The maximum Gasteiger partial charge on any atom is 0.272 e. The summed E-state index contributed by atoms with van der Waals surface area (Å²) in [5.41, 5.74) is 1.82. The van der Waals surface area contributed by atoms with E-state index in [2.05, 4.69) is 10.4 Å². The fourth-order valence-electron chi connectivity index (χ4n) is 4.00. The van der Waals surface area contributed by atoms with E-state index in [0.717, 1.165) is 37.0 Å². The predicted octanol–water partition coefficient (Wildman–Crippen LogP) is 2.61. The third-order valence-corrected chi connectivity index (χ3v) is 5.55. The van der Waals surface area contributed by atoms with Crippen molar-refractivity contribution >= 4 is 11.8 Å². The Hall–Kier alpha value is -2.83. The summed E-state index contributed by atoms with van der Waals surface area (Å²) in [5, 5.41) is 7.44. The summed E-state index contributed by atoms with van der Waals surface area (Å²) in [5.74, 6) is 0.493. The molecule has 0 bridgehead atoms. The summed E-state index contributed by atoms with van der Waals surface area (Å²) in [6.07, 6.45) is 5.59. The summed E-state index contributed by atoms with van der Waals surface area (Å²) < 4.78 is 6.91. The van der Waals surface area contributed by atoms with Gasteiger partial charge in [-0.05, 0) is 30.5 Å². The summed E-state index contributed by atoms with van der Waals surface area (Å²) >= 11 is 0. The molecular formula is C21H26N4O3. The summed E-state index contributed by atoms with van der Waals surface area (Å²) in [6, 6.07) is 9.56. The van der Waals surface area contributed by atoms with Crippen LogP contribution in [0.4, 0.5) is 0 Å². The summed E-state index contributed by atoms with van der Waals surface area (Å²) in [4.78, 5) is 27.2. The minimum atomic E-state index is -0.180. The Morgan fingerprint density at radius 3 is 2.82 bits per heavy atom. The number of amides is 2. The second-order valence-corrected chi connectivity index (χ2v) is 7.52. The number of ether oxygens (including phenoxy) is 1. The van der Waals surface area contributed by atoms with Gasteiger partial charge in [-0.15, -0.1) is 0 Å². The number of methoxy groups -OCH3 is 1. The van der Waals surface area contributed by atoms with Crippen LogP contribution in [0.5, 0.6) is 5.75 Å². The maximum atomic E-state index is 12.9. The van der Waals surface area contributed by atoms with Crippen molar-refractivity contribution in [1.82, 2.24) is 20.0 Å². The average Bonchev–Trinajstić information content (AvgIpc) is 3.16. The molecule has 1 aliphatic carbocycles. The highest BCUT2D eigenvalue weighted by Crippen LogP contribution is 2.20. The van der Waals surface area contributed by atoms with Crippen LogP contribution in [-0.4, -0.2) is 46.2 Å². The number of carbonyl (C=O) groups excluding carboxylic acids is 2. The highest BCUT2D eigenvalue weighted by atomic mass is 16.5. The standard InChI is InChI=1S/C21H26N4O3/c1-28-17-9-5-6-15(12-17)14-24-10-11-25-19(21(24)27)13-18(23-25)20(26)22-16-7-3-2-4-8-16/h5-6,9,12-13,16H,2-4,7-8,10-11,14H2,1H3,(H,22,26). The third-order valence-electron chi connectivity index (χ3n) is 5.55. The Bertz CT molecular complexity index is 870. The van der Waals surface area contributed by atoms with Crippen molar-refractivity contribution in [3.05, 3.63) is 47.3 Å². The number of nitrogens with zero attached hydrogens (tertiary/aromatic N) is 3. The maximum absolute atomic E-state index is 12.9. The van der Waals surface area contributed by atoms with Gasteiger partial charge in [0.2, 0.25) is 0 Å². The molecule has 28 heavy (non-hydrogen) atoms. The van der Waals surface area contributed by atoms with E-state index in [-0.39, 0.29) is 17.9 Å². The minimum absolute atomic E-state index is 0.0988. The molecule has 0 unspecified atom stereocenters. The molecule has 2 amide bonds. The monoisotopic (exact) mass is 382 g/mol. The zero-order valence-corrected chi connectivity index (χ0v) is 16.2. The van der Waals surface area contributed by atoms with Crippen LogP contribution >= 0.6 is 0 Å². The van der Waals surface area contributed by atoms with Crippen molar-refractivity contribution in [2.75, 3.05) is 13.7 Å². The van der Waals surface area contributed by atoms with E-state index in [1.165, 1.54) is 6.42 Å². The zero-order chi connectivity index (χ0) is 19.5. The lowest BCUT2D eigenvalue weighted by atomic mass is 9.95. The van der Waals surface area contributed by atoms with Gasteiger partial charge in [0.05, 0.1) is 13.7 Å². The molecule has 1 N–H and O–H groups in total. The lowest BCUT2D eigenvalue weighted by molar-refractivity contribution is 0.0682. The molecule has 4 rings (SSSR count). The average molecular weight is 382 g/mol. The molecule has 7 heteroatoms. The van der Waals surface area contributed by atoms with Gasteiger partial charge in [-0.1, -0.05) is 31.4 Å². The Labute approximate surface area is 164 Å². The van der Waals surface area contributed by atoms with Crippen LogP contribution in [0.15, 0.2) is 30.3 Å². The molecule has 0 spiro atoms. The molecule has 2 heterocycles. The highest BCUT2D eigenvalue weighted by molar-refractivity contribution is 5.98. The van der Waals surface area contributed by atoms with Crippen molar-refractivity contribution < 1.29 is 14.3 Å². The first-order valence-corrected chi connectivity index (χ1v) is 9.95. The normalized spacial score (nSPS) is 17.3. The molecule has 0 atom stereocenters. The number of hydrogen-bond donors (Lipinski definition) is 1. The van der Waals surface area contributed by atoms with E-state index in [1.54, 1.807) is 22.8 Å². The van der Waals surface area contributed by atoms with Crippen LogP contribution in [0.3, 0.4) is 0 Å². The van der Waals surface area contributed by atoms with Crippen LogP contribution in [0.25, 0.3) is 0 Å². The molecule has 1 aromatic heterocycles. The number of benzene rings is 1. The Balaban J connectivity index is 1.45. The van der Waals surface area contributed by atoms with Gasteiger partial charge in [0.25, 0.3) is 11.8 Å². The Morgan fingerprint density at radius 2 is 2.04 bits per heavy atom. The molecule has 0 radical (unpaired) electrons. The molecule has 1 aromatic carbocycles. The van der Waals surface area contributed by atoms with Gasteiger partial charge in [0, 0.05) is 25.2 Å². The van der Waals surface area contributed by atoms with Crippen LogP contribution in [0.1, 0.15) is 58.6 Å². The van der Waals surface area contributed by atoms with Crippen molar-refractivity contribution in [2.45, 2.75) is 51.2 Å². The molecule has 7 nitrogen and oxygen atoms in total. The Kier molecular flexibility index (Phi) is 5.32. The molecular weight excluding hydrogens is 356 g/mol. The SMILES string of the molecule is COc1cccc(CN2CCn3nc(C(=O)NC4CCCCC4)cc3C2=O)c1. The smallest absolute Gasteiger partial charge is 0.272 e. The lowest BCUT2D eigenvalue weighted by Gasteiger charge is -2.27. The van der Waals surface area contributed by atoms with Gasteiger partial charge in [0.15, 0.2) is 5.69 Å². The van der Waals surface area contributed by atoms with Crippen molar-refractivity contribution in [3.8, 4) is 5.75 Å². The number of aromatic nitrogens is 2. The predicted molar refractivity (Wildman–Crippen MR) is 104 cm³/mol. The van der Waals surface area contributed by atoms with Crippen molar-refractivity contribution in [3.63, 3.8) is 0 Å².